The van der Waals surface area contributed by atoms with Crippen molar-refractivity contribution in [2.24, 2.45) is 0 Å². The number of ketones is 2. The van der Waals surface area contributed by atoms with Crippen LogP contribution < -0.4 is 10.6 Å². The Morgan fingerprint density at radius 2 is 1.42 bits per heavy atom. The lowest BCUT2D eigenvalue weighted by molar-refractivity contribution is -0.384. The van der Waals surface area contributed by atoms with Gasteiger partial charge in [-0.25, -0.2) is 4.68 Å². The summed E-state index contributed by atoms with van der Waals surface area (Å²) in [6, 6.07) is 28.8. The Labute approximate surface area is 243 Å². The first kappa shape index (κ1) is 24.6. The minimum atomic E-state index is -1.95. The molecule has 0 saturated heterocycles. The van der Waals surface area contributed by atoms with Crippen molar-refractivity contribution in [3.63, 3.8) is 0 Å². The molecule has 206 valence electrons. The highest BCUT2D eigenvalue weighted by atomic mass is 16.6. The summed E-state index contributed by atoms with van der Waals surface area (Å²) in [5.74, 6) is -1.61. The highest BCUT2D eigenvalue weighted by molar-refractivity contribution is 6.33. The average molecular weight is 566 g/mol. The van der Waals surface area contributed by atoms with E-state index >= 15 is 0 Å². The Hall–Kier alpha value is -6.16. The average Bonchev–Trinajstić information content (AvgIpc) is 3.56. The molecule has 5 aromatic rings. The van der Waals surface area contributed by atoms with Crippen molar-refractivity contribution in [2.45, 2.75) is 5.41 Å². The predicted octanol–water partition coefficient (Wildman–Crippen LogP) is 5.44. The van der Waals surface area contributed by atoms with E-state index in [1.165, 1.54) is 18.2 Å². The maximum Gasteiger partial charge on any atom is 0.269 e. The molecular formula is C33H19N5O5. The van der Waals surface area contributed by atoms with Crippen LogP contribution in [-0.4, -0.2) is 32.2 Å². The monoisotopic (exact) mass is 565 g/mol. The topological polar surface area (TPSA) is 136 Å². The molecule has 0 saturated carbocycles. The summed E-state index contributed by atoms with van der Waals surface area (Å²) in [4.78, 5) is 54.6. The highest BCUT2D eigenvalue weighted by Gasteiger charge is 2.62. The number of hydrogen-bond donors (Lipinski definition) is 2. The van der Waals surface area contributed by atoms with E-state index in [4.69, 9.17) is 5.10 Å². The second-order valence-electron chi connectivity index (χ2n) is 10.5. The van der Waals surface area contributed by atoms with Gasteiger partial charge < -0.3 is 10.6 Å². The Bertz CT molecular complexity index is 2120. The van der Waals surface area contributed by atoms with Gasteiger partial charge in [0, 0.05) is 40.1 Å². The zero-order valence-corrected chi connectivity index (χ0v) is 22.2. The minimum Gasteiger partial charge on any atom is -0.349 e. The fourth-order valence-corrected chi connectivity index (χ4v) is 6.42. The number of fused-ring (bicyclic) bond motifs is 6. The molecule has 2 aliphatic heterocycles. The van der Waals surface area contributed by atoms with Crippen LogP contribution in [-0.2, 0) is 10.2 Å². The van der Waals surface area contributed by atoms with Crippen LogP contribution in [0.15, 0.2) is 114 Å². The fraction of sp³-hybridized carbons (Fsp3) is 0.0303. The van der Waals surface area contributed by atoms with Crippen LogP contribution >= 0.6 is 0 Å². The smallest absolute Gasteiger partial charge is 0.269 e. The number of para-hydroxylation sites is 1. The number of nitro groups is 1. The van der Waals surface area contributed by atoms with E-state index in [1.807, 2.05) is 60.7 Å². The Balaban J connectivity index is 1.56. The van der Waals surface area contributed by atoms with Gasteiger partial charge in [0.25, 0.3) is 5.69 Å². The highest BCUT2D eigenvalue weighted by Crippen LogP contribution is 2.57. The van der Waals surface area contributed by atoms with Gasteiger partial charge in [-0.05, 0) is 18.2 Å². The van der Waals surface area contributed by atoms with Crippen molar-refractivity contribution < 1.29 is 19.3 Å². The number of carbonyl (C=O) groups is 3. The van der Waals surface area contributed by atoms with Crippen molar-refractivity contribution >= 4 is 34.5 Å². The van der Waals surface area contributed by atoms with Gasteiger partial charge in [-0.2, -0.15) is 5.10 Å². The van der Waals surface area contributed by atoms with Crippen LogP contribution in [0.2, 0.25) is 0 Å². The molecule has 3 aliphatic rings. The summed E-state index contributed by atoms with van der Waals surface area (Å²) in [5, 5.41) is 23.0. The summed E-state index contributed by atoms with van der Waals surface area (Å²) in [7, 11) is 0. The van der Waals surface area contributed by atoms with E-state index < -0.39 is 27.8 Å². The number of benzene rings is 4. The largest absolute Gasteiger partial charge is 0.349 e. The summed E-state index contributed by atoms with van der Waals surface area (Å²) in [5.41, 5.74) is 0.828. The molecule has 1 aromatic heterocycles. The van der Waals surface area contributed by atoms with Crippen LogP contribution in [0.5, 0.6) is 0 Å². The fourth-order valence-electron chi connectivity index (χ4n) is 6.42. The van der Waals surface area contributed by atoms with Gasteiger partial charge in [0.15, 0.2) is 11.2 Å². The van der Waals surface area contributed by atoms with Crippen molar-refractivity contribution in [2.75, 3.05) is 10.6 Å². The molecule has 1 aliphatic carbocycles. The van der Waals surface area contributed by atoms with Crippen molar-refractivity contribution in [3.05, 3.63) is 147 Å². The van der Waals surface area contributed by atoms with Crippen LogP contribution in [0.25, 0.3) is 16.9 Å². The van der Waals surface area contributed by atoms with Crippen LogP contribution in [0, 0.1) is 10.1 Å². The number of allylic oxidation sites excluding steroid dienone is 1. The lowest BCUT2D eigenvalue weighted by Gasteiger charge is -2.38. The van der Waals surface area contributed by atoms with Crippen molar-refractivity contribution in [1.82, 2.24) is 9.78 Å². The second kappa shape index (κ2) is 8.67. The quantitative estimate of drug-likeness (QED) is 0.219. The third-order valence-corrected chi connectivity index (χ3v) is 8.24. The first-order chi connectivity index (χ1) is 20.9. The van der Waals surface area contributed by atoms with Gasteiger partial charge in [-0.15, -0.1) is 0 Å². The number of aromatic nitrogens is 2. The molecule has 4 aromatic carbocycles. The number of anilines is 2. The predicted molar refractivity (Wildman–Crippen MR) is 157 cm³/mol. The molecule has 10 heteroatoms. The lowest BCUT2D eigenvalue weighted by Crippen LogP contribution is -2.48. The summed E-state index contributed by atoms with van der Waals surface area (Å²) in [6.45, 7) is 0. The summed E-state index contributed by atoms with van der Waals surface area (Å²) in [6.07, 6.45) is 0. The molecule has 1 atom stereocenters. The molecule has 0 fully saturated rings. The normalized spacial score (nSPS) is 18.0. The molecule has 10 nitrogen and oxygen atoms in total. The molecule has 2 N–H and O–H groups in total. The molecule has 8 rings (SSSR count). The van der Waals surface area contributed by atoms with Crippen LogP contribution in [0.3, 0.4) is 0 Å². The maximum absolute atomic E-state index is 14.6. The number of nitrogens with one attached hydrogen (secondary N) is 2. The van der Waals surface area contributed by atoms with E-state index in [9.17, 15) is 24.5 Å². The third-order valence-electron chi connectivity index (χ3n) is 8.24. The van der Waals surface area contributed by atoms with E-state index in [0.717, 1.165) is 0 Å². The molecule has 1 amide bonds. The third kappa shape index (κ3) is 3.17. The number of rotatable bonds is 3. The minimum absolute atomic E-state index is 0.0597. The Kier molecular flexibility index (Phi) is 4.96. The number of carbonyl (C=O) groups excluding carboxylic acids is 3. The number of Topliss-reactive ketones (excluding diaryl/α,β-unsaturated/α-hetero) is 2. The molecule has 1 spiro atoms. The number of amides is 1. The SMILES string of the molecule is O=C1C2=C(C(=O)c3ccccc31)C1(C(=O)Nc3ccc([N+](=O)[O-])cc31)c1c(c(-c3ccccc3)nn1-c1ccccc1)N2. The van der Waals surface area contributed by atoms with E-state index in [2.05, 4.69) is 10.6 Å². The molecular weight excluding hydrogens is 546 g/mol. The summed E-state index contributed by atoms with van der Waals surface area (Å²) >= 11 is 0. The van der Waals surface area contributed by atoms with Crippen LogP contribution in [0.4, 0.5) is 17.1 Å². The van der Waals surface area contributed by atoms with Gasteiger partial charge in [0.05, 0.1) is 33.3 Å². The molecule has 1 unspecified atom stereocenters. The van der Waals surface area contributed by atoms with Crippen molar-refractivity contribution in [3.8, 4) is 16.9 Å². The molecule has 3 heterocycles. The maximum atomic E-state index is 14.6. The first-order valence-electron chi connectivity index (χ1n) is 13.5. The Morgan fingerprint density at radius 1 is 0.767 bits per heavy atom. The molecule has 43 heavy (non-hydrogen) atoms. The molecule has 0 bridgehead atoms. The van der Waals surface area contributed by atoms with E-state index in [0.29, 0.717) is 28.3 Å². The Morgan fingerprint density at radius 3 is 2.12 bits per heavy atom. The molecule has 0 radical (unpaired) electrons. The van der Waals surface area contributed by atoms with Gasteiger partial charge in [-0.3, -0.25) is 24.5 Å². The number of non-ortho nitro benzene ring substituents is 1. The van der Waals surface area contributed by atoms with Gasteiger partial charge in [0.2, 0.25) is 11.7 Å². The van der Waals surface area contributed by atoms with Gasteiger partial charge >= 0.3 is 0 Å². The zero-order valence-electron chi connectivity index (χ0n) is 22.2. The van der Waals surface area contributed by atoms with Crippen molar-refractivity contribution in [1.29, 1.82) is 0 Å². The second-order valence-corrected chi connectivity index (χ2v) is 10.5. The number of nitrogens with zero attached hydrogens (tertiary/aromatic N) is 3. The standard InChI is InChI=1S/C33H19N5O5/c39-29-21-13-7-8-14-22(21)30(40)27-25(29)33(23-17-20(38(42)43)15-16-24(23)34-32(33)41)31-28(35-27)26(18-9-3-1-4-10-18)36-37(31)19-11-5-2-6-12-19/h1-17,35H,(H,34,41). The zero-order chi connectivity index (χ0) is 29.5. The first-order valence-corrected chi connectivity index (χ1v) is 13.5. The van der Waals surface area contributed by atoms with E-state index in [1.54, 1.807) is 28.9 Å². The summed E-state index contributed by atoms with van der Waals surface area (Å²) < 4.78 is 1.58. The van der Waals surface area contributed by atoms with Gasteiger partial charge in [0.1, 0.15) is 5.69 Å². The van der Waals surface area contributed by atoms with Crippen LogP contribution in [0.1, 0.15) is 32.0 Å². The number of nitro benzene ring substituents is 1. The lowest BCUT2D eigenvalue weighted by atomic mass is 9.64. The van der Waals surface area contributed by atoms with E-state index in [-0.39, 0.29) is 39.3 Å². The van der Waals surface area contributed by atoms with Gasteiger partial charge in [-0.1, -0.05) is 72.8 Å². The number of hydrogen-bond acceptors (Lipinski definition) is 7.